The number of benzene rings is 1. The van der Waals surface area contributed by atoms with Crippen molar-refractivity contribution in [1.82, 2.24) is 10.2 Å². The van der Waals surface area contributed by atoms with Crippen LogP contribution in [0.2, 0.25) is 0 Å². The number of aromatic nitrogens is 2. The Morgan fingerprint density at radius 1 is 1.35 bits per heavy atom. The van der Waals surface area contributed by atoms with Crippen LogP contribution < -0.4 is 5.32 Å². The lowest BCUT2D eigenvalue weighted by Gasteiger charge is -2.12. The first-order chi connectivity index (χ1) is 10.8. The molecule has 1 atom stereocenters. The molecule has 0 spiro atoms. The van der Waals surface area contributed by atoms with Crippen LogP contribution in [-0.4, -0.2) is 28.5 Å². The summed E-state index contributed by atoms with van der Waals surface area (Å²) < 4.78 is 43.8. The molecule has 1 heterocycles. The summed E-state index contributed by atoms with van der Waals surface area (Å²) in [4.78, 5) is 11.3. The van der Waals surface area contributed by atoms with Crippen LogP contribution >= 0.6 is 23.1 Å². The molecule has 10 heteroatoms. The molecule has 2 aromatic rings. The average Bonchev–Trinajstić information content (AvgIpc) is 2.92. The lowest BCUT2D eigenvalue weighted by molar-refractivity contribution is -0.139. The third kappa shape index (κ3) is 4.58. The number of ether oxygens (including phenoxy) is 1. The Morgan fingerprint density at radius 2 is 2.04 bits per heavy atom. The van der Waals surface area contributed by atoms with Crippen molar-refractivity contribution in [1.29, 1.82) is 0 Å². The van der Waals surface area contributed by atoms with Gasteiger partial charge >= 0.3 is 12.1 Å². The van der Waals surface area contributed by atoms with Gasteiger partial charge in [0.1, 0.15) is 5.25 Å². The van der Waals surface area contributed by atoms with Crippen molar-refractivity contribution in [3.8, 4) is 0 Å². The Hall–Kier alpha value is -1.81. The number of para-hydroxylation sites is 1. The highest BCUT2D eigenvalue weighted by Gasteiger charge is 2.33. The Morgan fingerprint density at radius 3 is 2.70 bits per heavy atom. The first-order valence-corrected chi connectivity index (χ1v) is 8.02. The Labute approximate surface area is 138 Å². The van der Waals surface area contributed by atoms with Crippen LogP contribution in [0, 0.1) is 0 Å². The van der Waals surface area contributed by atoms with E-state index in [-0.39, 0.29) is 10.8 Å². The Balaban J connectivity index is 2.13. The summed E-state index contributed by atoms with van der Waals surface area (Å²) in [5.41, 5.74) is -0.888. The molecule has 0 radical (unpaired) electrons. The molecule has 0 saturated carbocycles. The van der Waals surface area contributed by atoms with Crippen LogP contribution in [0.25, 0.3) is 0 Å². The van der Waals surface area contributed by atoms with Gasteiger partial charge in [-0.25, -0.2) is 0 Å². The van der Waals surface area contributed by atoms with E-state index in [1.807, 2.05) is 0 Å². The summed E-state index contributed by atoms with van der Waals surface area (Å²) >= 11 is 2.18. The van der Waals surface area contributed by atoms with E-state index in [0.717, 1.165) is 29.2 Å². The zero-order valence-corrected chi connectivity index (χ0v) is 13.7. The number of carbonyl (C=O) groups is 1. The zero-order valence-electron chi connectivity index (χ0n) is 12.0. The van der Waals surface area contributed by atoms with E-state index in [1.54, 1.807) is 6.92 Å². The van der Waals surface area contributed by atoms with Crippen molar-refractivity contribution < 1.29 is 22.7 Å². The number of esters is 1. The molecule has 1 aromatic carbocycles. The number of halogens is 3. The maximum atomic E-state index is 12.9. The second-order valence-electron chi connectivity index (χ2n) is 4.32. The van der Waals surface area contributed by atoms with Gasteiger partial charge in [-0.05, 0) is 19.1 Å². The molecule has 0 unspecified atom stereocenters. The minimum atomic E-state index is -4.47. The molecule has 2 rings (SSSR count). The maximum Gasteiger partial charge on any atom is 0.418 e. The van der Waals surface area contributed by atoms with Crippen molar-refractivity contribution in [2.75, 3.05) is 12.4 Å². The van der Waals surface area contributed by atoms with Gasteiger partial charge in [-0.1, -0.05) is 35.2 Å². The van der Waals surface area contributed by atoms with Crippen LogP contribution in [0.1, 0.15) is 12.5 Å². The molecule has 0 aliphatic carbocycles. The quantitative estimate of drug-likeness (QED) is 0.641. The van der Waals surface area contributed by atoms with Crippen LogP contribution in [0.15, 0.2) is 28.6 Å². The maximum absolute atomic E-state index is 12.9. The fraction of sp³-hybridized carbons (Fsp3) is 0.308. The van der Waals surface area contributed by atoms with Crippen molar-refractivity contribution in [3.05, 3.63) is 29.8 Å². The largest absolute Gasteiger partial charge is 0.468 e. The number of carbonyl (C=O) groups excluding carboxylic acids is 1. The first-order valence-electron chi connectivity index (χ1n) is 6.32. The molecule has 0 aliphatic rings. The number of rotatable bonds is 5. The highest BCUT2D eigenvalue weighted by atomic mass is 32.2. The summed E-state index contributed by atoms with van der Waals surface area (Å²) in [6.07, 6.45) is -4.47. The predicted octanol–water partition coefficient (Wildman–Crippen LogP) is 3.95. The first kappa shape index (κ1) is 17.5. The lowest BCUT2D eigenvalue weighted by atomic mass is 10.2. The molecular weight excluding hydrogens is 351 g/mol. The topological polar surface area (TPSA) is 64.1 Å². The molecule has 1 aromatic heterocycles. The predicted molar refractivity (Wildman–Crippen MR) is 82.0 cm³/mol. The van der Waals surface area contributed by atoms with E-state index in [0.29, 0.717) is 4.34 Å². The van der Waals surface area contributed by atoms with E-state index in [9.17, 15) is 18.0 Å². The third-order valence-electron chi connectivity index (χ3n) is 2.69. The highest BCUT2D eigenvalue weighted by molar-refractivity contribution is 8.02. The minimum Gasteiger partial charge on any atom is -0.468 e. The number of methoxy groups -OCH3 is 1. The Bertz CT molecular complexity index is 691. The normalized spacial score (nSPS) is 12.7. The molecule has 0 amide bonds. The summed E-state index contributed by atoms with van der Waals surface area (Å²) in [6.45, 7) is 1.64. The standard InChI is InChI=1S/C13H12F3N3O2S2/c1-7(10(20)21-2)22-12-19-18-11(23-12)17-9-6-4-3-5-8(9)13(14,15)16/h3-7H,1-2H3,(H,17,18)/t7-/m1/s1. The van der Waals surface area contributed by atoms with Gasteiger partial charge in [0.05, 0.1) is 18.4 Å². The third-order valence-corrected chi connectivity index (χ3v) is 4.69. The smallest absolute Gasteiger partial charge is 0.418 e. The zero-order chi connectivity index (χ0) is 17.0. The van der Waals surface area contributed by atoms with E-state index in [4.69, 9.17) is 0 Å². The molecule has 0 fully saturated rings. The summed E-state index contributed by atoms with van der Waals surface area (Å²) in [5.74, 6) is -0.415. The fourth-order valence-electron chi connectivity index (χ4n) is 1.63. The van der Waals surface area contributed by atoms with Crippen LogP contribution in [0.4, 0.5) is 24.0 Å². The monoisotopic (exact) mass is 363 g/mol. The molecule has 0 bridgehead atoms. The van der Waals surface area contributed by atoms with Gasteiger partial charge in [0.25, 0.3) is 0 Å². The number of thioether (sulfide) groups is 1. The van der Waals surface area contributed by atoms with Gasteiger partial charge in [0, 0.05) is 0 Å². The SMILES string of the molecule is COC(=O)[C@@H](C)Sc1nnc(Nc2ccccc2C(F)(F)F)s1. The molecule has 23 heavy (non-hydrogen) atoms. The molecule has 5 nitrogen and oxygen atoms in total. The average molecular weight is 363 g/mol. The molecule has 0 aliphatic heterocycles. The van der Waals surface area contributed by atoms with Crippen LogP contribution in [0.5, 0.6) is 0 Å². The van der Waals surface area contributed by atoms with E-state index in [1.165, 1.54) is 25.3 Å². The molecule has 1 N–H and O–H groups in total. The molecular formula is C13H12F3N3O2S2. The van der Waals surface area contributed by atoms with Crippen LogP contribution in [-0.2, 0) is 15.7 Å². The van der Waals surface area contributed by atoms with Crippen LogP contribution in [0.3, 0.4) is 0 Å². The minimum absolute atomic E-state index is 0.103. The van der Waals surface area contributed by atoms with Gasteiger partial charge in [-0.3, -0.25) is 4.79 Å². The van der Waals surface area contributed by atoms with E-state index >= 15 is 0 Å². The number of hydrogen-bond donors (Lipinski definition) is 1. The summed E-state index contributed by atoms with van der Waals surface area (Å²) in [7, 11) is 1.28. The second-order valence-corrected chi connectivity index (χ2v) is 6.89. The van der Waals surface area contributed by atoms with E-state index in [2.05, 4.69) is 20.3 Å². The lowest BCUT2D eigenvalue weighted by Crippen LogP contribution is -2.14. The Kier molecular flexibility index (Phi) is 5.47. The fourth-order valence-corrected chi connectivity index (χ4v) is 3.56. The highest BCUT2D eigenvalue weighted by Crippen LogP contribution is 2.37. The van der Waals surface area contributed by atoms with Gasteiger partial charge in [0.15, 0.2) is 4.34 Å². The van der Waals surface area contributed by atoms with Gasteiger partial charge in [0.2, 0.25) is 5.13 Å². The summed E-state index contributed by atoms with van der Waals surface area (Å²) in [5, 5.41) is 9.97. The summed E-state index contributed by atoms with van der Waals surface area (Å²) in [6, 6.07) is 5.10. The molecule has 0 saturated heterocycles. The number of anilines is 2. The van der Waals surface area contributed by atoms with Crippen molar-refractivity contribution in [3.63, 3.8) is 0 Å². The number of alkyl halides is 3. The number of hydrogen-bond acceptors (Lipinski definition) is 7. The van der Waals surface area contributed by atoms with Gasteiger partial charge < -0.3 is 10.1 Å². The molecule has 124 valence electrons. The van der Waals surface area contributed by atoms with Crippen molar-refractivity contribution in [2.45, 2.75) is 22.7 Å². The van der Waals surface area contributed by atoms with Gasteiger partial charge in [-0.15, -0.1) is 10.2 Å². The van der Waals surface area contributed by atoms with Crippen molar-refractivity contribution >= 4 is 39.9 Å². The number of nitrogens with zero attached hydrogens (tertiary/aromatic N) is 2. The van der Waals surface area contributed by atoms with E-state index < -0.39 is 23.0 Å². The second kappa shape index (κ2) is 7.18. The van der Waals surface area contributed by atoms with Crippen molar-refractivity contribution in [2.24, 2.45) is 0 Å². The van der Waals surface area contributed by atoms with Gasteiger partial charge in [-0.2, -0.15) is 13.2 Å². The number of nitrogens with one attached hydrogen (secondary N) is 1.